The molecule has 0 saturated carbocycles. The Morgan fingerprint density at radius 3 is 1.98 bits per heavy atom. The fourth-order valence-corrected chi connectivity index (χ4v) is 8.80. The lowest BCUT2D eigenvalue weighted by Gasteiger charge is -2.55. The van der Waals surface area contributed by atoms with Gasteiger partial charge in [0.05, 0.1) is 49.8 Å². The van der Waals surface area contributed by atoms with Gasteiger partial charge in [-0.3, -0.25) is 0 Å². The molecule has 15 heteroatoms. The van der Waals surface area contributed by atoms with Crippen LogP contribution in [-0.4, -0.2) is 147 Å². The van der Waals surface area contributed by atoms with E-state index in [0.717, 1.165) is 90.3 Å². The van der Waals surface area contributed by atoms with Crippen molar-refractivity contribution in [2.45, 2.75) is 153 Å². The second-order valence-electron chi connectivity index (χ2n) is 15.9. The van der Waals surface area contributed by atoms with Crippen molar-refractivity contribution in [3.63, 3.8) is 0 Å². The number of nitrogens with zero attached hydrogens (tertiary/aromatic N) is 3. The maximum absolute atomic E-state index is 11.9. The van der Waals surface area contributed by atoms with Crippen molar-refractivity contribution in [1.82, 2.24) is 15.6 Å². The summed E-state index contributed by atoms with van der Waals surface area (Å²) >= 11 is 0. The molecule has 4 bridgehead atoms. The number of rotatable bonds is 15. The highest BCUT2D eigenvalue weighted by Gasteiger charge is 2.58. The molecule has 11 atom stereocenters. The van der Waals surface area contributed by atoms with Gasteiger partial charge in [-0.05, 0) is 64.3 Å². The maximum Gasteiger partial charge on any atom is 0.271 e. The van der Waals surface area contributed by atoms with Gasteiger partial charge in [-0.25, -0.2) is 5.21 Å². The van der Waals surface area contributed by atoms with Crippen LogP contribution < -0.4 is 16.4 Å². The molecule has 0 aromatic rings. The van der Waals surface area contributed by atoms with Gasteiger partial charge in [-0.1, -0.05) is 78.6 Å². The van der Waals surface area contributed by atoms with Gasteiger partial charge in [-0.15, -0.1) is 5.01 Å². The van der Waals surface area contributed by atoms with E-state index < -0.39 is 72.7 Å². The summed E-state index contributed by atoms with van der Waals surface area (Å²) in [6, 6.07) is 0. The molecule has 15 nitrogen and oxygen atoms in total. The van der Waals surface area contributed by atoms with Crippen LogP contribution in [0.15, 0.2) is 5.28 Å². The van der Waals surface area contributed by atoms with Crippen LogP contribution >= 0.6 is 0 Å². The number of fused-ring (bicyclic) bond motifs is 2. The van der Waals surface area contributed by atoms with Crippen LogP contribution in [0.2, 0.25) is 0 Å². The highest BCUT2D eigenvalue weighted by atomic mass is 16.6. The van der Waals surface area contributed by atoms with Crippen LogP contribution in [0, 0.1) is 23.2 Å². The summed E-state index contributed by atoms with van der Waals surface area (Å²) in [7, 11) is 0. The second kappa shape index (κ2) is 22.7. The second-order valence-corrected chi connectivity index (χ2v) is 15.9. The Kier molecular flexibility index (Phi) is 19.6. The summed E-state index contributed by atoms with van der Waals surface area (Å²) < 4.78 is 13.0. The molecule has 300 valence electrons. The lowest BCUT2D eigenvalue weighted by molar-refractivity contribution is -0.941. The standard InChI is InChI=1S/C36H72N6O9/c1-25-15-10-8-6-4-5-7-9-11-16-26-31(44)33(46)30(28(24-43)50-26)36(2,3)35-34(47)32(45)29(25)27(51-35)23-41(42(49)40-48)22-14-21-39-20-13-19-38-18-12-17-37/h25-35,38-39,43-47,49H,4-24,37H2,1-3H3/p+1/t25-,26+,27?,28?,29?,30?,31-,32-,33-,34+,35?/m0/s1. The van der Waals surface area contributed by atoms with E-state index in [0.29, 0.717) is 37.4 Å². The maximum atomic E-state index is 11.9. The fourth-order valence-electron chi connectivity index (χ4n) is 8.80. The number of hydrogen-bond donors (Lipinski definition) is 10. The number of hydrogen-bond acceptors (Lipinski definition) is 11. The first-order chi connectivity index (χ1) is 24.5. The normalized spacial score (nSPS) is 35.9. The molecule has 51 heavy (non-hydrogen) atoms. The number of aliphatic hydroxyl groups is 5. The van der Waals surface area contributed by atoms with E-state index in [2.05, 4.69) is 22.8 Å². The van der Waals surface area contributed by atoms with Crippen LogP contribution in [0.3, 0.4) is 0 Å². The molecular weight excluding hydrogens is 660 g/mol. The lowest BCUT2D eigenvalue weighted by Crippen LogP contribution is -2.67. The van der Waals surface area contributed by atoms with E-state index in [4.69, 9.17) is 15.2 Å². The van der Waals surface area contributed by atoms with Crippen LogP contribution in [0.4, 0.5) is 0 Å². The fraction of sp³-hybridized carbons (Fsp3) is 1.00. The third-order valence-corrected chi connectivity index (χ3v) is 11.7. The molecule has 5 saturated heterocycles. The first-order valence-electron chi connectivity index (χ1n) is 19.8. The SMILES string of the molecule is C[C@H]1CCCCCCCCCC[C@H]2OC(CO)C([C@H](O)[C@H]2O)C(C)(C)C2OC(CN(CCCNCCCNCCCN)/[N+](O)=N/O)C1[C@H](O)[C@H]2O. The monoisotopic (exact) mass is 734 g/mol. The molecule has 5 aliphatic rings. The molecule has 0 aromatic heterocycles. The summed E-state index contributed by atoms with van der Waals surface area (Å²) in [6.45, 7) is 9.54. The lowest BCUT2D eigenvalue weighted by atomic mass is 9.62. The Hall–Kier alpha value is -1.40. The van der Waals surface area contributed by atoms with Gasteiger partial charge in [0, 0.05) is 17.3 Å². The Bertz CT molecular complexity index is 981. The van der Waals surface area contributed by atoms with Gasteiger partial charge >= 0.3 is 0 Å². The zero-order valence-corrected chi connectivity index (χ0v) is 31.6. The molecule has 0 radical (unpaired) electrons. The van der Waals surface area contributed by atoms with Crippen LogP contribution in [0.25, 0.3) is 0 Å². The van der Waals surface area contributed by atoms with E-state index in [1.807, 2.05) is 0 Å². The topological polar surface area (TPSA) is 229 Å². The largest absolute Gasteiger partial charge is 0.394 e. The molecule has 0 aliphatic carbocycles. The van der Waals surface area contributed by atoms with Crippen molar-refractivity contribution in [3.05, 3.63) is 0 Å². The molecule has 5 aliphatic heterocycles. The molecule has 5 heterocycles. The van der Waals surface area contributed by atoms with Crippen molar-refractivity contribution in [1.29, 1.82) is 0 Å². The quantitative estimate of drug-likeness (QED) is 0.0499. The number of hydrazine groups is 1. The molecule has 0 aromatic carbocycles. The van der Waals surface area contributed by atoms with Crippen molar-refractivity contribution in [2.24, 2.45) is 34.2 Å². The first-order valence-corrected chi connectivity index (χ1v) is 19.8. The summed E-state index contributed by atoms with van der Waals surface area (Å²) in [5.41, 5.74) is 4.44. The molecule has 5 unspecified atom stereocenters. The van der Waals surface area contributed by atoms with E-state index >= 15 is 0 Å². The number of nitrogens with one attached hydrogen (secondary N) is 2. The molecule has 5 rings (SSSR count). The van der Waals surface area contributed by atoms with Crippen molar-refractivity contribution < 1.29 is 50.4 Å². The summed E-state index contributed by atoms with van der Waals surface area (Å²) in [5.74, 6) is -1.40. The summed E-state index contributed by atoms with van der Waals surface area (Å²) in [4.78, 5) is 0.394. The number of nitrogens with two attached hydrogens (primary N) is 1. The minimum absolute atomic E-state index is 0.0501. The highest BCUT2D eigenvalue weighted by Crippen LogP contribution is 2.48. The third kappa shape index (κ3) is 12.6. The molecule has 11 N–H and O–H groups in total. The van der Waals surface area contributed by atoms with Gasteiger partial charge in [0.15, 0.2) is 0 Å². The van der Waals surface area contributed by atoms with E-state index in [1.165, 1.54) is 5.01 Å². The van der Waals surface area contributed by atoms with Crippen LogP contribution in [0.1, 0.15) is 104 Å². The number of ether oxygens (including phenoxy) is 2. The molecule has 0 amide bonds. The first kappa shape index (κ1) is 44.0. The minimum atomic E-state index is -1.34. The molecule has 0 spiro atoms. The summed E-state index contributed by atoms with van der Waals surface area (Å²) in [6.07, 6.45) is 4.02. The summed E-state index contributed by atoms with van der Waals surface area (Å²) in [5, 5.41) is 88.4. The van der Waals surface area contributed by atoms with E-state index in [1.54, 1.807) is 13.8 Å². The Labute approximate surface area is 305 Å². The Morgan fingerprint density at radius 2 is 1.37 bits per heavy atom. The van der Waals surface area contributed by atoms with Gasteiger partial charge in [-0.2, -0.15) is 0 Å². The predicted molar refractivity (Wildman–Crippen MR) is 191 cm³/mol. The average Bonchev–Trinajstić information content (AvgIpc) is 3.11. The highest BCUT2D eigenvalue weighted by molar-refractivity contribution is 5.06. The Balaban J connectivity index is 1.83. The molecule has 5 fully saturated rings. The van der Waals surface area contributed by atoms with Gasteiger partial charge in [0.25, 0.3) is 10.2 Å². The van der Waals surface area contributed by atoms with E-state index in [-0.39, 0.29) is 12.5 Å². The molecular formula is C36H73N6O9+. The Morgan fingerprint density at radius 1 is 0.784 bits per heavy atom. The minimum Gasteiger partial charge on any atom is -0.394 e. The number of aliphatic hydroxyl groups excluding tert-OH is 5. The van der Waals surface area contributed by atoms with Crippen LogP contribution in [0.5, 0.6) is 0 Å². The van der Waals surface area contributed by atoms with Crippen molar-refractivity contribution in [3.8, 4) is 0 Å². The zero-order chi connectivity index (χ0) is 37.4. The van der Waals surface area contributed by atoms with Crippen molar-refractivity contribution >= 4 is 0 Å². The smallest absolute Gasteiger partial charge is 0.271 e. The predicted octanol–water partition coefficient (Wildman–Crippen LogP) is 1.53. The van der Waals surface area contributed by atoms with Gasteiger partial charge in [0.2, 0.25) is 0 Å². The van der Waals surface area contributed by atoms with Crippen LogP contribution in [-0.2, 0) is 9.47 Å². The zero-order valence-electron chi connectivity index (χ0n) is 31.6. The van der Waals surface area contributed by atoms with Crippen molar-refractivity contribution in [2.75, 3.05) is 52.4 Å². The average molecular weight is 734 g/mol. The van der Waals surface area contributed by atoms with Gasteiger partial charge in [0.1, 0.15) is 18.8 Å². The third-order valence-electron chi connectivity index (χ3n) is 11.7. The van der Waals surface area contributed by atoms with E-state index in [9.17, 15) is 35.9 Å². The van der Waals surface area contributed by atoms with Gasteiger partial charge < -0.3 is 56.6 Å².